The van der Waals surface area contributed by atoms with Crippen molar-refractivity contribution in [2.45, 2.75) is 63.3 Å². The van der Waals surface area contributed by atoms with E-state index in [1.807, 2.05) is 17.8 Å². The van der Waals surface area contributed by atoms with Crippen molar-refractivity contribution in [3.8, 4) is 0 Å². The molecule has 22 heavy (non-hydrogen) atoms. The Bertz CT molecular complexity index is 563. The number of hydrogen-bond acceptors (Lipinski definition) is 2. The zero-order valence-corrected chi connectivity index (χ0v) is 13.3. The van der Waals surface area contributed by atoms with E-state index in [0.717, 1.165) is 24.7 Å². The van der Waals surface area contributed by atoms with E-state index in [1.165, 1.54) is 44.2 Å². The Kier molecular flexibility index (Phi) is 3.59. The minimum Gasteiger partial charge on any atom is -0.335 e. The molecule has 5 nitrogen and oxygen atoms in total. The number of fused-ring (bicyclic) bond motifs is 1. The summed E-state index contributed by atoms with van der Waals surface area (Å²) >= 11 is 0. The number of nitrogens with one attached hydrogen (secondary N) is 2. The van der Waals surface area contributed by atoms with Crippen molar-refractivity contribution in [3.05, 3.63) is 11.8 Å². The van der Waals surface area contributed by atoms with Crippen LogP contribution in [0, 0.1) is 11.8 Å². The molecule has 0 saturated heterocycles. The first-order valence-electron chi connectivity index (χ1n) is 8.80. The lowest BCUT2D eigenvalue weighted by molar-refractivity contribution is 0.215. The molecule has 3 fully saturated rings. The normalized spacial score (nSPS) is 30.9. The van der Waals surface area contributed by atoms with E-state index in [0.29, 0.717) is 17.8 Å². The Labute approximate surface area is 131 Å². The lowest BCUT2D eigenvalue weighted by Gasteiger charge is -2.32. The van der Waals surface area contributed by atoms with Gasteiger partial charge in [-0.1, -0.05) is 19.3 Å². The van der Waals surface area contributed by atoms with Gasteiger partial charge in [0.2, 0.25) is 0 Å². The van der Waals surface area contributed by atoms with Crippen LogP contribution < -0.4 is 10.6 Å². The topological polar surface area (TPSA) is 59.0 Å². The summed E-state index contributed by atoms with van der Waals surface area (Å²) in [7, 11) is 1.96. The van der Waals surface area contributed by atoms with Crippen LogP contribution in [0.15, 0.2) is 6.07 Å². The number of rotatable bonds is 3. The van der Waals surface area contributed by atoms with Crippen molar-refractivity contribution in [3.63, 3.8) is 0 Å². The van der Waals surface area contributed by atoms with E-state index >= 15 is 0 Å². The van der Waals surface area contributed by atoms with E-state index in [4.69, 9.17) is 0 Å². The van der Waals surface area contributed by atoms with Crippen LogP contribution in [0.25, 0.3) is 0 Å². The number of nitrogens with zero attached hydrogens (tertiary/aromatic N) is 2. The van der Waals surface area contributed by atoms with Crippen molar-refractivity contribution in [2.24, 2.45) is 18.9 Å². The molecule has 3 unspecified atom stereocenters. The SMILES string of the molecule is Cn1nc(NC(=O)NC2CCC3CCCC3C2)cc1C1CC1. The molecule has 2 N–H and O–H groups in total. The van der Waals surface area contributed by atoms with Gasteiger partial charge < -0.3 is 5.32 Å². The molecule has 0 aromatic carbocycles. The largest absolute Gasteiger partial charge is 0.335 e. The number of hydrogen-bond donors (Lipinski definition) is 2. The summed E-state index contributed by atoms with van der Waals surface area (Å²) < 4.78 is 1.90. The first-order chi connectivity index (χ1) is 10.7. The maximum absolute atomic E-state index is 12.2. The summed E-state index contributed by atoms with van der Waals surface area (Å²) in [5.74, 6) is 3.10. The lowest BCUT2D eigenvalue weighted by atomic mass is 9.79. The average Bonchev–Trinajstić information content (AvgIpc) is 3.11. The van der Waals surface area contributed by atoms with Crippen LogP contribution in [0.2, 0.25) is 0 Å². The van der Waals surface area contributed by atoms with Gasteiger partial charge in [0.1, 0.15) is 0 Å². The molecule has 3 atom stereocenters. The predicted octanol–water partition coefficient (Wildman–Crippen LogP) is 3.39. The van der Waals surface area contributed by atoms with Crippen molar-refractivity contribution in [1.29, 1.82) is 0 Å². The number of urea groups is 1. The van der Waals surface area contributed by atoms with Gasteiger partial charge in [0.05, 0.1) is 0 Å². The van der Waals surface area contributed by atoms with Crippen LogP contribution in [0.5, 0.6) is 0 Å². The Morgan fingerprint density at radius 1 is 1.18 bits per heavy atom. The van der Waals surface area contributed by atoms with Crippen LogP contribution in [0.3, 0.4) is 0 Å². The molecule has 3 aliphatic carbocycles. The van der Waals surface area contributed by atoms with E-state index < -0.39 is 0 Å². The molecule has 1 heterocycles. The highest BCUT2D eigenvalue weighted by atomic mass is 16.2. The van der Waals surface area contributed by atoms with Gasteiger partial charge in [-0.15, -0.1) is 0 Å². The zero-order valence-electron chi connectivity index (χ0n) is 13.3. The number of anilines is 1. The maximum Gasteiger partial charge on any atom is 0.320 e. The van der Waals surface area contributed by atoms with Crippen molar-refractivity contribution < 1.29 is 4.79 Å². The summed E-state index contributed by atoms with van der Waals surface area (Å²) in [6, 6.07) is 2.26. The molecule has 120 valence electrons. The molecule has 4 rings (SSSR count). The fourth-order valence-corrected chi connectivity index (χ4v) is 4.48. The van der Waals surface area contributed by atoms with Gasteiger partial charge in [0.15, 0.2) is 5.82 Å². The van der Waals surface area contributed by atoms with Crippen LogP contribution in [-0.4, -0.2) is 21.9 Å². The molecule has 0 bridgehead atoms. The Morgan fingerprint density at radius 3 is 2.82 bits per heavy atom. The number of carbonyl (C=O) groups excluding carboxylic acids is 1. The second-order valence-corrected chi connectivity index (χ2v) is 7.41. The number of aromatic nitrogens is 2. The Hall–Kier alpha value is -1.52. The Balaban J connectivity index is 1.31. The summed E-state index contributed by atoms with van der Waals surface area (Å²) in [4.78, 5) is 12.2. The quantitative estimate of drug-likeness (QED) is 0.899. The van der Waals surface area contributed by atoms with Gasteiger partial charge in [-0.2, -0.15) is 5.10 Å². The van der Waals surface area contributed by atoms with E-state index in [1.54, 1.807) is 0 Å². The highest BCUT2D eigenvalue weighted by Crippen LogP contribution is 2.42. The first kappa shape index (κ1) is 14.1. The highest BCUT2D eigenvalue weighted by Gasteiger charge is 2.34. The fourth-order valence-electron chi connectivity index (χ4n) is 4.48. The number of amides is 2. The monoisotopic (exact) mass is 302 g/mol. The molecule has 1 aromatic heterocycles. The maximum atomic E-state index is 12.2. The summed E-state index contributed by atoms with van der Waals surface area (Å²) in [6.45, 7) is 0. The standard InChI is InChI=1S/C17H26N4O/c1-21-15(12-5-6-12)10-16(20-21)19-17(22)18-14-8-7-11-3-2-4-13(11)9-14/h10-14H,2-9H2,1H3,(H2,18,19,20,22). The lowest BCUT2D eigenvalue weighted by Crippen LogP contribution is -2.42. The third-order valence-electron chi connectivity index (χ3n) is 5.78. The van der Waals surface area contributed by atoms with E-state index in [-0.39, 0.29) is 6.03 Å². The molecule has 0 spiro atoms. The predicted molar refractivity (Wildman–Crippen MR) is 85.8 cm³/mol. The highest BCUT2D eigenvalue weighted by molar-refractivity contribution is 5.88. The van der Waals surface area contributed by atoms with E-state index in [2.05, 4.69) is 15.7 Å². The minimum absolute atomic E-state index is 0.0955. The van der Waals surface area contributed by atoms with Gasteiger partial charge in [-0.05, 0) is 43.9 Å². The molecular weight excluding hydrogens is 276 g/mol. The number of carbonyl (C=O) groups is 1. The molecule has 0 radical (unpaired) electrons. The van der Waals surface area contributed by atoms with Crippen LogP contribution >= 0.6 is 0 Å². The summed E-state index contributed by atoms with van der Waals surface area (Å²) in [5, 5.41) is 10.5. The molecule has 5 heteroatoms. The Morgan fingerprint density at radius 2 is 2.00 bits per heavy atom. The number of aryl methyl sites for hydroxylation is 1. The molecule has 3 aliphatic rings. The van der Waals surface area contributed by atoms with Gasteiger partial charge >= 0.3 is 6.03 Å². The van der Waals surface area contributed by atoms with Crippen LogP contribution in [-0.2, 0) is 7.05 Å². The molecule has 3 saturated carbocycles. The summed E-state index contributed by atoms with van der Waals surface area (Å²) in [6.07, 6.45) is 10.2. The first-order valence-corrected chi connectivity index (χ1v) is 8.80. The second-order valence-electron chi connectivity index (χ2n) is 7.41. The third-order valence-corrected chi connectivity index (χ3v) is 5.78. The van der Waals surface area contributed by atoms with Gasteiger partial charge in [0, 0.05) is 30.8 Å². The molecule has 1 aromatic rings. The van der Waals surface area contributed by atoms with Crippen LogP contribution in [0.4, 0.5) is 10.6 Å². The fraction of sp³-hybridized carbons (Fsp3) is 0.765. The van der Waals surface area contributed by atoms with Gasteiger partial charge in [-0.3, -0.25) is 10.00 Å². The van der Waals surface area contributed by atoms with E-state index in [9.17, 15) is 4.79 Å². The average molecular weight is 302 g/mol. The van der Waals surface area contributed by atoms with Crippen molar-refractivity contribution in [2.75, 3.05) is 5.32 Å². The molecule has 2 amide bonds. The third kappa shape index (κ3) is 2.85. The van der Waals surface area contributed by atoms with Crippen LogP contribution in [0.1, 0.15) is 63.0 Å². The van der Waals surface area contributed by atoms with Crippen molar-refractivity contribution >= 4 is 11.8 Å². The minimum atomic E-state index is -0.0955. The second kappa shape index (κ2) is 5.60. The smallest absolute Gasteiger partial charge is 0.320 e. The molecule has 0 aliphatic heterocycles. The zero-order chi connectivity index (χ0) is 15.1. The van der Waals surface area contributed by atoms with Gasteiger partial charge in [0.25, 0.3) is 0 Å². The van der Waals surface area contributed by atoms with Gasteiger partial charge in [-0.25, -0.2) is 4.79 Å². The summed E-state index contributed by atoms with van der Waals surface area (Å²) in [5.41, 5.74) is 1.24. The molecular formula is C17H26N4O. The van der Waals surface area contributed by atoms with Crippen molar-refractivity contribution in [1.82, 2.24) is 15.1 Å².